The minimum absolute atomic E-state index is 0.0852. The standard InChI is InChI=1S/C15H11F3N2O2/c16-11-3-1-9(2-4-11)5-14(21)19-20-15(22)10-6-12(17)8-13(18)7-10/h1-4,6-8H,5H2,(H,19,21)(H,20,22). The van der Waals surface area contributed by atoms with Crippen molar-refractivity contribution in [2.24, 2.45) is 0 Å². The zero-order valence-electron chi connectivity index (χ0n) is 11.2. The molecule has 0 bridgehead atoms. The number of benzene rings is 2. The third-order valence-corrected chi connectivity index (χ3v) is 2.72. The van der Waals surface area contributed by atoms with Crippen molar-refractivity contribution in [2.45, 2.75) is 6.42 Å². The van der Waals surface area contributed by atoms with E-state index in [4.69, 9.17) is 0 Å². The lowest BCUT2D eigenvalue weighted by molar-refractivity contribution is -0.121. The van der Waals surface area contributed by atoms with Crippen molar-refractivity contribution in [2.75, 3.05) is 0 Å². The van der Waals surface area contributed by atoms with Gasteiger partial charge in [0.15, 0.2) is 0 Å². The van der Waals surface area contributed by atoms with Crippen LogP contribution in [0.1, 0.15) is 15.9 Å². The predicted molar refractivity (Wildman–Crippen MR) is 72.1 cm³/mol. The van der Waals surface area contributed by atoms with Gasteiger partial charge in [-0.3, -0.25) is 20.4 Å². The molecule has 0 unspecified atom stereocenters. The van der Waals surface area contributed by atoms with Crippen molar-refractivity contribution in [3.05, 3.63) is 71.0 Å². The van der Waals surface area contributed by atoms with Gasteiger partial charge in [0.1, 0.15) is 17.5 Å². The number of nitrogens with one attached hydrogen (secondary N) is 2. The summed E-state index contributed by atoms with van der Waals surface area (Å²) >= 11 is 0. The Morgan fingerprint density at radius 1 is 0.818 bits per heavy atom. The lowest BCUT2D eigenvalue weighted by Gasteiger charge is -2.08. The Balaban J connectivity index is 1.90. The summed E-state index contributed by atoms with van der Waals surface area (Å²) in [5, 5.41) is 0. The van der Waals surface area contributed by atoms with E-state index in [2.05, 4.69) is 5.43 Å². The second-order valence-electron chi connectivity index (χ2n) is 4.46. The monoisotopic (exact) mass is 308 g/mol. The first kappa shape index (κ1) is 15.6. The third kappa shape index (κ3) is 4.34. The van der Waals surface area contributed by atoms with Crippen LogP contribution >= 0.6 is 0 Å². The maximum Gasteiger partial charge on any atom is 0.269 e. The number of hydrogen-bond acceptors (Lipinski definition) is 2. The second kappa shape index (κ2) is 6.75. The van der Waals surface area contributed by atoms with Crippen molar-refractivity contribution < 1.29 is 22.8 Å². The molecule has 0 aliphatic rings. The minimum Gasteiger partial charge on any atom is -0.273 e. The fourth-order valence-corrected chi connectivity index (χ4v) is 1.72. The van der Waals surface area contributed by atoms with Crippen LogP contribution in [0.2, 0.25) is 0 Å². The smallest absolute Gasteiger partial charge is 0.269 e. The van der Waals surface area contributed by atoms with Crippen LogP contribution in [0.15, 0.2) is 42.5 Å². The molecule has 0 aliphatic heterocycles. The van der Waals surface area contributed by atoms with Crippen LogP contribution < -0.4 is 10.9 Å². The van der Waals surface area contributed by atoms with Crippen molar-refractivity contribution in [1.82, 2.24) is 10.9 Å². The molecular weight excluding hydrogens is 297 g/mol. The lowest BCUT2D eigenvalue weighted by atomic mass is 10.1. The van der Waals surface area contributed by atoms with E-state index in [1.165, 1.54) is 24.3 Å². The second-order valence-corrected chi connectivity index (χ2v) is 4.46. The van der Waals surface area contributed by atoms with E-state index >= 15 is 0 Å². The highest BCUT2D eigenvalue weighted by Gasteiger charge is 2.10. The highest BCUT2D eigenvalue weighted by atomic mass is 19.1. The van der Waals surface area contributed by atoms with Gasteiger partial charge in [0.05, 0.1) is 6.42 Å². The zero-order chi connectivity index (χ0) is 16.1. The summed E-state index contributed by atoms with van der Waals surface area (Å²) in [5.74, 6) is -3.64. The molecule has 0 radical (unpaired) electrons. The van der Waals surface area contributed by atoms with Crippen LogP contribution in [-0.2, 0) is 11.2 Å². The Morgan fingerprint density at radius 3 is 2.00 bits per heavy atom. The predicted octanol–water partition coefficient (Wildman–Crippen LogP) is 2.11. The van der Waals surface area contributed by atoms with Gasteiger partial charge < -0.3 is 0 Å². The van der Waals surface area contributed by atoms with Gasteiger partial charge in [0, 0.05) is 11.6 Å². The van der Waals surface area contributed by atoms with E-state index in [-0.39, 0.29) is 12.0 Å². The number of hydrazine groups is 1. The molecule has 2 aromatic rings. The zero-order valence-corrected chi connectivity index (χ0v) is 11.2. The molecule has 2 rings (SSSR count). The average molecular weight is 308 g/mol. The largest absolute Gasteiger partial charge is 0.273 e. The van der Waals surface area contributed by atoms with Gasteiger partial charge in [-0.2, -0.15) is 0 Å². The van der Waals surface area contributed by atoms with Crippen molar-refractivity contribution in [1.29, 1.82) is 0 Å². The van der Waals surface area contributed by atoms with Gasteiger partial charge in [-0.1, -0.05) is 12.1 Å². The normalized spacial score (nSPS) is 10.1. The molecule has 0 saturated carbocycles. The van der Waals surface area contributed by atoms with Crippen molar-refractivity contribution >= 4 is 11.8 Å². The van der Waals surface area contributed by atoms with E-state index in [0.717, 1.165) is 12.1 Å². The van der Waals surface area contributed by atoms with E-state index in [0.29, 0.717) is 11.6 Å². The molecule has 0 saturated heterocycles. The Bertz CT molecular complexity index is 682. The van der Waals surface area contributed by atoms with Gasteiger partial charge >= 0.3 is 0 Å². The van der Waals surface area contributed by atoms with Crippen LogP contribution in [-0.4, -0.2) is 11.8 Å². The molecule has 0 spiro atoms. The van der Waals surface area contributed by atoms with Gasteiger partial charge in [-0.05, 0) is 29.8 Å². The summed E-state index contributed by atoms with van der Waals surface area (Å²) in [6.45, 7) is 0. The first-order chi connectivity index (χ1) is 10.4. The maximum absolute atomic E-state index is 13.0. The molecule has 22 heavy (non-hydrogen) atoms. The minimum atomic E-state index is -0.900. The van der Waals surface area contributed by atoms with Crippen LogP contribution in [0.5, 0.6) is 0 Å². The highest BCUT2D eigenvalue weighted by molar-refractivity contribution is 5.95. The summed E-state index contributed by atoms with van der Waals surface area (Å²) in [6, 6.07) is 7.57. The van der Waals surface area contributed by atoms with Gasteiger partial charge in [-0.25, -0.2) is 13.2 Å². The Hall–Kier alpha value is -2.83. The molecule has 0 fully saturated rings. The summed E-state index contributed by atoms with van der Waals surface area (Å²) in [7, 11) is 0. The molecule has 114 valence electrons. The quantitative estimate of drug-likeness (QED) is 0.853. The maximum atomic E-state index is 13.0. The van der Waals surface area contributed by atoms with Crippen LogP contribution in [0.25, 0.3) is 0 Å². The van der Waals surface area contributed by atoms with E-state index < -0.39 is 29.3 Å². The van der Waals surface area contributed by atoms with E-state index in [1.54, 1.807) is 0 Å². The molecule has 2 aromatic carbocycles. The molecular formula is C15H11F3N2O2. The number of carbonyl (C=O) groups excluding carboxylic acids is 2. The Kier molecular flexibility index (Phi) is 4.77. The lowest BCUT2D eigenvalue weighted by Crippen LogP contribution is -2.42. The highest BCUT2D eigenvalue weighted by Crippen LogP contribution is 2.07. The molecule has 0 heterocycles. The molecule has 4 nitrogen and oxygen atoms in total. The number of rotatable bonds is 3. The summed E-state index contributed by atoms with van der Waals surface area (Å²) in [4.78, 5) is 23.2. The van der Waals surface area contributed by atoms with Gasteiger partial charge in [0.25, 0.3) is 5.91 Å². The molecule has 0 aromatic heterocycles. The fraction of sp³-hybridized carbons (Fsp3) is 0.0667. The molecule has 7 heteroatoms. The molecule has 0 aliphatic carbocycles. The first-order valence-corrected chi connectivity index (χ1v) is 6.24. The van der Waals surface area contributed by atoms with E-state index in [9.17, 15) is 22.8 Å². The topological polar surface area (TPSA) is 58.2 Å². The summed E-state index contributed by atoms with van der Waals surface area (Å²) in [5.41, 5.74) is 4.43. The number of carbonyl (C=O) groups is 2. The summed E-state index contributed by atoms with van der Waals surface area (Å²) < 4.78 is 38.7. The fourth-order valence-electron chi connectivity index (χ4n) is 1.72. The average Bonchev–Trinajstić information content (AvgIpc) is 2.46. The SMILES string of the molecule is O=C(Cc1ccc(F)cc1)NNC(=O)c1cc(F)cc(F)c1. The van der Waals surface area contributed by atoms with Crippen LogP contribution in [0, 0.1) is 17.5 Å². The molecule has 0 atom stereocenters. The number of halogens is 3. The van der Waals surface area contributed by atoms with E-state index in [1.807, 2.05) is 5.43 Å². The number of hydrogen-bond donors (Lipinski definition) is 2. The number of amides is 2. The van der Waals surface area contributed by atoms with Crippen molar-refractivity contribution in [3.63, 3.8) is 0 Å². The van der Waals surface area contributed by atoms with Crippen LogP contribution in [0.3, 0.4) is 0 Å². The van der Waals surface area contributed by atoms with Gasteiger partial charge in [-0.15, -0.1) is 0 Å². The first-order valence-electron chi connectivity index (χ1n) is 6.24. The third-order valence-electron chi connectivity index (χ3n) is 2.72. The summed E-state index contributed by atoms with van der Waals surface area (Å²) in [6.07, 6.45) is -0.0852. The Labute approximate surface area is 123 Å². The molecule has 2 N–H and O–H groups in total. The molecule has 2 amide bonds. The van der Waals surface area contributed by atoms with Crippen LogP contribution in [0.4, 0.5) is 13.2 Å². The van der Waals surface area contributed by atoms with Crippen molar-refractivity contribution in [3.8, 4) is 0 Å². The van der Waals surface area contributed by atoms with Gasteiger partial charge in [0.2, 0.25) is 5.91 Å². The Morgan fingerprint density at radius 2 is 1.41 bits per heavy atom.